The third kappa shape index (κ3) is 3.61. The summed E-state index contributed by atoms with van der Waals surface area (Å²) < 4.78 is 27.1. The molecule has 0 atom stereocenters. The van der Waals surface area contributed by atoms with Gasteiger partial charge < -0.3 is 4.98 Å². The Hall–Kier alpha value is -2.15. The Labute approximate surface area is 150 Å². The maximum absolute atomic E-state index is 12.3. The van der Waals surface area contributed by atoms with Crippen LogP contribution < -0.4 is 10.3 Å². The second kappa shape index (κ2) is 6.63. The van der Waals surface area contributed by atoms with Gasteiger partial charge in [-0.1, -0.05) is 29.8 Å². The minimum absolute atomic E-state index is 0.0590. The summed E-state index contributed by atoms with van der Waals surface area (Å²) in [6.07, 6.45) is 0. The number of benzene rings is 2. The molecule has 0 aliphatic heterocycles. The summed E-state index contributed by atoms with van der Waals surface area (Å²) in [6.45, 7) is 3.81. The first kappa shape index (κ1) is 17.7. The summed E-state index contributed by atoms with van der Waals surface area (Å²) >= 11 is 5.84. The monoisotopic (exact) mass is 376 g/mol. The largest absolute Gasteiger partial charge is 0.321 e. The molecular formula is C18H17ClN2O3S. The normalized spacial score (nSPS) is 11.8. The molecule has 0 radical (unpaired) electrons. The van der Waals surface area contributed by atoms with E-state index in [4.69, 9.17) is 11.6 Å². The van der Waals surface area contributed by atoms with Crippen molar-refractivity contribution in [2.24, 2.45) is 0 Å². The maximum atomic E-state index is 12.3. The number of fused-ring (bicyclic) bond motifs is 1. The van der Waals surface area contributed by atoms with Gasteiger partial charge in [0.25, 0.3) is 5.56 Å². The Morgan fingerprint density at radius 2 is 1.88 bits per heavy atom. The molecule has 2 N–H and O–H groups in total. The molecule has 130 valence electrons. The Morgan fingerprint density at radius 3 is 2.60 bits per heavy atom. The van der Waals surface area contributed by atoms with Crippen LogP contribution in [0.3, 0.4) is 0 Å². The molecule has 0 saturated heterocycles. The van der Waals surface area contributed by atoms with Gasteiger partial charge in [-0.2, -0.15) is 0 Å². The molecule has 0 bridgehead atoms. The lowest BCUT2D eigenvalue weighted by atomic mass is 10.0. The van der Waals surface area contributed by atoms with E-state index in [-0.39, 0.29) is 17.0 Å². The molecule has 0 saturated carbocycles. The number of rotatable bonds is 4. The van der Waals surface area contributed by atoms with E-state index >= 15 is 0 Å². The first-order valence-corrected chi connectivity index (χ1v) is 9.51. The second-order valence-electron chi connectivity index (χ2n) is 5.88. The van der Waals surface area contributed by atoms with Crippen LogP contribution >= 0.6 is 11.6 Å². The number of pyridine rings is 1. The highest BCUT2D eigenvalue weighted by Gasteiger charge is 2.15. The lowest BCUT2D eigenvalue weighted by Crippen LogP contribution is -2.27. The number of aromatic nitrogens is 1. The minimum atomic E-state index is -3.75. The van der Waals surface area contributed by atoms with Crippen molar-refractivity contribution in [1.29, 1.82) is 0 Å². The van der Waals surface area contributed by atoms with Crippen molar-refractivity contribution in [2.75, 3.05) is 0 Å². The van der Waals surface area contributed by atoms with E-state index in [1.165, 1.54) is 12.1 Å². The van der Waals surface area contributed by atoms with E-state index in [9.17, 15) is 13.2 Å². The molecule has 3 aromatic rings. The van der Waals surface area contributed by atoms with Crippen molar-refractivity contribution < 1.29 is 8.42 Å². The zero-order valence-electron chi connectivity index (χ0n) is 13.8. The number of hydrogen-bond donors (Lipinski definition) is 2. The first-order chi connectivity index (χ1) is 11.8. The van der Waals surface area contributed by atoms with Gasteiger partial charge in [0.2, 0.25) is 10.0 Å². The average Bonchev–Trinajstić information content (AvgIpc) is 2.57. The first-order valence-electron chi connectivity index (χ1n) is 7.65. The fourth-order valence-corrected chi connectivity index (χ4v) is 3.90. The van der Waals surface area contributed by atoms with Crippen LogP contribution in [0, 0.1) is 13.8 Å². The third-order valence-electron chi connectivity index (χ3n) is 4.19. The van der Waals surface area contributed by atoms with E-state index in [0.717, 1.165) is 22.0 Å². The molecule has 0 fully saturated rings. The van der Waals surface area contributed by atoms with Crippen molar-refractivity contribution in [3.63, 3.8) is 0 Å². The lowest BCUT2D eigenvalue weighted by Gasteiger charge is -2.09. The van der Waals surface area contributed by atoms with Gasteiger partial charge in [-0.25, -0.2) is 13.1 Å². The van der Waals surface area contributed by atoms with Crippen molar-refractivity contribution >= 4 is 32.5 Å². The van der Waals surface area contributed by atoms with Gasteiger partial charge in [-0.3, -0.25) is 4.79 Å². The number of H-pyrrole nitrogens is 1. The van der Waals surface area contributed by atoms with Gasteiger partial charge in [-0.15, -0.1) is 0 Å². The molecule has 0 aliphatic carbocycles. The molecular weight excluding hydrogens is 360 g/mol. The van der Waals surface area contributed by atoms with Crippen LogP contribution in [-0.2, 0) is 16.6 Å². The van der Waals surface area contributed by atoms with E-state index < -0.39 is 10.0 Å². The Kier molecular flexibility index (Phi) is 4.69. The number of aryl methyl sites for hydroxylation is 2. The fourth-order valence-electron chi connectivity index (χ4n) is 2.59. The molecule has 3 rings (SSSR count). The Bertz CT molecular complexity index is 1120. The topological polar surface area (TPSA) is 79.0 Å². The van der Waals surface area contributed by atoms with Crippen LogP contribution in [0.5, 0.6) is 0 Å². The summed E-state index contributed by atoms with van der Waals surface area (Å²) in [5.74, 6) is 0. The second-order valence-corrected chi connectivity index (χ2v) is 8.08. The van der Waals surface area contributed by atoms with Crippen LogP contribution in [0.25, 0.3) is 10.9 Å². The van der Waals surface area contributed by atoms with Gasteiger partial charge in [0.1, 0.15) is 0 Å². The zero-order valence-corrected chi connectivity index (χ0v) is 15.3. The fraction of sp³-hybridized carbons (Fsp3) is 0.167. The van der Waals surface area contributed by atoms with E-state index in [1.807, 2.05) is 26.0 Å². The van der Waals surface area contributed by atoms with Gasteiger partial charge in [-0.05, 0) is 54.6 Å². The van der Waals surface area contributed by atoms with Crippen molar-refractivity contribution in [2.45, 2.75) is 25.3 Å². The summed E-state index contributed by atoms with van der Waals surface area (Å²) in [6, 6.07) is 11.6. The maximum Gasteiger partial charge on any atom is 0.252 e. The molecule has 0 amide bonds. The van der Waals surface area contributed by atoms with Crippen molar-refractivity contribution in [1.82, 2.24) is 9.71 Å². The van der Waals surface area contributed by atoms with Crippen molar-refractivity contribution in [3.8, 4) is 0 Å². The highest BCUT2D eigenvalue weighted by atomic mass is 35.5. The summed E-state index contributed by atoms with van der Waals surface area (Å²) in [5.41, 5.74) is 2.89. The van der Waals surface area contributed by atoms with E-state index in [0.29, 0.717) is 10.6 Å². The molecule has 0 spiro atoms. The predicted molar refractivity (Wildman–Crippen MR) is 99.5 cm³/mol. The van der Waals surface area contributed by atoms with Crippen LogP contribution in [0.15, 0.2) is 52.2 Å². The van der Waals surface area contributed by atoms with Gasteiger partial charge in [0, 0.05) is 17.1 Å². The Balaban J connectivity index is 1.92. The standard InChI is InChI=1S/C18H17ClN2O3S/c1-11-6-7-13-8-14(18(22)21-17(13)12(11)2)10-20-25(23,24)16-5-3-4-15(19)9-16/h3-9,20H,10H2,1-2H3,(H,21,22). The Morgan fingerprint density at radius 1 is 1.12 bits per heavy atom. The average molecular weight is 377 g/mol. The molecule has 1 heterocycles. The minimum Gasteiger partial charge on any atom is -0.321 e. The van der Waals surface area contributed by atoms with Crippen LogP contribution in [0.4, 0.5) is 0 Å². The zero-order chi connectivity index (χ0) is 18.2. The van der Waals surface area contributed by atoms with E-state index in [1.54, 1.807) is 18.2 Å². The highest BCUT2D eigenvalue weighted by Crippen LogP contribution is 2.19. The smallest absolute Gasteiger partial charge is 0.252 e. The molecule has 2 aromatic carbocycles. The number of halogens is 1. The van der Waals surface area contributed by atoms with Crippen LogP contribution in [0.2, 0.25) is 5.02 Å². The van der Waals surface area contributed by atoms with Crippen LogP contribution in [0.1, 0.15) is 16.7 Å². The van der Waals surface area contributed by atoms with E-state index in [2.05, 4.69) is 9.71 Å². The third-order valence-corrected chi connectivity index (χ3v) is 5.82. The number of aromatic amines is 1. The van der Waals surface area contributed by atoms with Gasteiger partial charge in [0.05, 0.1) is 10.4 Å². The molecule has 7 heteroatoms. The predicted octanol–water partition coefficient (Wildman–Crippen LogP) is 3.28. The molecule has 1 aromatic heterocycles. The van der Waals surface area contributed by atoms with Crippen molar-refractivity contribution in [3.05, 3.63) is 74.5 Å². The summed E-state index contributed by atoms with van der Waals surface area (Å²) in [5, 5.41) is 1.19. The SMILES string of the molecule is Cc1ccc2cc(CNS(=O)(=O)c3cccc(Cl)c3)c(=O)[nH]c2c1C. The number of sulfonamides is 1. The lowest BCUT2D eigenvalue weighted by molar-refractivity contribution is 0.581. The number of hydrogen-bond acceptors (Lipinski definition) is 3. The summed E-state index contributed by atoms with van der Waals surface area (Å²) in [4.78, 5) is 15.2. The summed E-state index contributed by atoms with van der Waals surface area (Å²) in [7, 11) is -3.75. The van der Waals surface area contributed by atoms with Gasteiger partial charge >= 0.3 is 0 Å². The van der Waals surface area contributed by atoms with Gasteiger partial charge in [0.15, 0.2) is 0 Å². The molecule has 5 nitrogen and oxygen atoms in total. The molecule has 0 aliphatic rings. The molecule has 0 unspecified atom stereocenters. The number of nitrogens with one attached hydrogen (secondary N) is 2. The molecule has 25 heavy (non-hydrogen) atoms. The van der Waals surface area contributed by atoms with Crippen LogP contribution in [-0.4, -0.2) is 13.4 Å². The quantitative estimate of drug-likeness (QED) is 0.733. The highest BCUT2D eigenvalue weighted by molar-refractivity contribution is 7.89.